The van der Waals surface area contributed by atoms with Crippen LogP contribution in [0.1, 0.15) is 27.7 Å². The lowest BCUT2D eigenvalue weighted by Gasteiger charge is -2.26. The average Bonchev–Trinajstić information content (AvgIpc) is 3.05. The summed E-state index contributed by atoms with van der Waals surface area (Å²) in [4.78, 5) is 54.8. The summed E-state index contributed by atoms with van der Waals surface area (Å²) in [6.07, 6.45) is 1.30. The molecular formula is C19H29N5O5. The monoisotopic (exact) mass is 407 g/mol. The molecule has 0 saturated heterocycles. The predicted molar refractivity (Wildman–Crippen MR) is 107 cm³/mol. The van der Waals surface area contributed by atoms with Crippen molar-refractivity contribution in [2.24, 2.45) is 25.9 Å². The van der Waals surface area contributed by atoms with E-state index in [1.165, 1.54) is 29.6 Å². The van der Waals surface area contributed by atoms with E-state index in [0.717, 1.165) is 4.57 Å². The molecule has 0 aliphatic rings. The molecule has 0 radical (unpaired) electrons. The lowest BCUT2D eigenvalue weighted by molar-refractivity contribution is -0.152. The number of hydrogen-bond acceptors (Lipinski definition) is 6. The molecule has 0 fully saturated rings. The number of rotatable bonds is 8. The second-order valence-electron chi connectivity index (χ2n) is 8.00. The van der Waals surface area contributed by atoms with Gasteiger partial charge in [0, 0.05) is 27.2 Å². The van der Waals surface area contributed by atoms with Crippen LogP contribution in [0.15, 0.2) is 15.9 Å². The van der Waals surface area contributed by atoms with E-state index in [9.17, 15) is 19.2 Å². The van der Waals surface area contributed by atoms with Crippen LogP contribution in [-0.4, -0.2) is 55.2 Å². The Bertz CT molecular complexity index is 1000. The molecule has 29 heavy (non-hydrogen) atoms. The molecule has 0 bridgehead atoms. The van der Waals surface area contributed by atoms with Crippen LogP contribution in [0, 0.1) is 11.8 Å². The summed E-state index contributed by atoms with van der Waals surface area (Å²) < 4.78 is 8.64. The molecule has 0 unspecified atom stereocenters. The highest BCUT2D eigenvalue weighted by Crippen LogP contribution is 2.07. The number of aromatic nitrogens is 4. The summed E-state index contributed by atoms with van der Waals surface area (Å²) in [7, 11) is 2.85. The molecule has 2 aromatic rings. The summed E-state index contributed by atoms with van der Waals surface area (Å²) >= 11 is 0. The van der Waals surface area contributed by atoms with Crippen molar-refractivity contribution in [1.82, 2.24) is 23.6 Å². The van der Waals surface area contributed by atoms with Gasteiger partial charge < -0.3 is 14.2 Å². The Morgan fingerprint density at radius 3 is 2.21 bits per heavy atom. The largest absolute Gasteiger partial charge is 0.454 e. The third kappa shape index (κ3) is 5.12. The van der Waals surface area contributed by atoms with Crippen LogP contribution in [0.4, 0.5) is 0 Å². The molecule has 2 heterocycles. The fourth-order valence-electron chi connectivity index (χ4n) is 3.09. The number of imidazole rings is 1. The number of aryl methyl sites for hydroxylation is 1. The quantitative estimate of drug-likeness (QED) is 0.575. The highest BCUT2D eigenvalue weighted by molar-refractivity contribution is 5.81. The van der Waals surface area contributed by atoms with Crippen molar-refractivity contribution >= 4 is 23.0 Å². The minimum absolute atomic E-state index is 0.124. The predicted octanol–water partition coefficient (Wildman–Crippen LogP) is 0.118. The zero-order valence-corrected chi connectivity index (χ0v) is 17.8. The first-order valence-electron chi connectivity index (χ1n) is 9.57. The van der Waals surface area contributed by atoms with E-state index in [1.54, 1.807) is 4.90 Å². The van der Waals surface area contributed by atoms with Crippen LogP contribution in [0.3, 0.4) is 0 Å². The van der Waals surface area contributed by atoms with Crippen LogP contribution >= 0.6 is 0 Å². The molecule has 0 spiro atoms. The van der Waals surface area contributed by atoms with Crippen LogP contribution < -0.4 is 11.2 Å². The molecule has 10 nitrogen and oxygen atoms in total. The Morgan fingerprint density at radius 1 is 1.07 bits per heavy atom. The summed E-state index contributed by atoms with van der Waals surface area (Å²) in [6.45, 7) is 8.60. The molecule has 0 N–H and O–H groups in total. The number of nitrogens with zero attached hydrogens (tertiary/aromatic N) is 5. The second-order valence-corrected chi connectivity index (χ2v) is 8.00. The van der Waals surface area contributed by atoms with Crippen LogP contribution in [0.25, 0.3) is 11.2 Å². The minimum atomic E-state index is -0.664. The third-order valence-electron chi connectivity index (χ3n) is 4.40. The first-order valence-corrected chi connectivity index (χ1v) is 9.57. The van der Waals surface area contributed by atoms with Crippen molar-refractivity contribution in [1.29, 1.82) is 0 Å². The number of fused-ring (bicyclic) bond motifs is 1. The average molecular weight is 407 g/mol. The smallest absolute Gasteiger partial charge is 0.332 e. The Morgan fingerprint density at radius 2 is 1.66 bits per heavy atom. The van der Waals surface area contributed by atoms with E-state index < -0.39 is 17.2 Å². The Balaban J connectivity index is 2.11. The summed E-state index contributed by atoms with van der Waals surface area (Å²) in [5.41, 5.74) is -0.748. The Labute approximate surface area is 168 Å². The lowest BCUT2D eigenvalue weighted by Crippen LogP contribution is -2.40. The SMILES string of the molecule is CC(C)CN(CC(C)C)C(=O)COC(=O)Cn1cnc2c1c(=O)n(C)c(=O)n2C. The van der Waals surface area contributed by atoms with E-state index in [2.05, 4.69) is 4.98 Å². The van der Waals surface area contributed by atoms with E-state index in [1.807, 2.05) is 27.7 Å². The van der Waals surface area contributed by atoms with Gasteiger partial charge in [-0.25, -0.2) is 9.78 Å². The van der Waals surface area contributed by atoms with Gasteiger partial charge in [0.25, 0.3) is 11.5 Å². The fraction of sp³-hybridized carbons (Fsp3) is 0.632. The molecule has 0 atom stereocenters. The first-order chi connectivity index (χ1) is 13.5. The van der Waals surface area contributed by atoms with Gasteiger partial charge in [0.15, 0.2) is 17.8 Å². The van der Waals surface area contributed by atoms with Gasteiger partial charge in [0.1, 0.15) is 6.54 Å². The number of ether oxygens (including phenoxy) is 1. The van der Waals surface area contributed by atoms with Gasteiger partial charge in [-0.05, 0) is 11.8 Å². The van der Waals surface area contributed by atoms with Gasteiger partial charge >= 0.3 is 11.7 Å². The van der Waals surface area contributed by atoms with Gasteiger partial charge in [0.05, 0.1) is 6.33 Å². The van der Waals surface area contributed by atoms with Gasteiger partial charge in [-0.3, -0.25) is 23.5 Å². The molecule has 10 heteroatoms. The molecule has 2 aromatic heterocycles. The number of carbonyl (C=O) groups excluding carboxylic acids is 2. The van der Waals surface area contributed by atoms with Crippen molar-refractivity contribution in [3.63, 3.8) is 0 Å². The maximum Gasteiger partial charge on any atom is 0.332 e. The zero-order valence-electron chi connectivity index (χ0n) is 17.8. The van der Waals surface area contributed by atoms with Crippen molar-refractivity contribution in [2.45, 2.75) is 34.2 Å². The molecule has 160 valence electrons. The second kappa shape index (κ2) is 9.06. The van der Waals surface area contributed by atoms with E-state index in [0.29, 0.717) is 24.9 Å². The number of carbonyl (C=O) groups is 2. The Kier molecular flexibility index (Phi) is 6.99. The number of amides is 1. The molecule has 1 amide bonds. The van der Waals surface area contributed by atoms with Crippen molar-refractivity contribution in [2.75, 3.05) is 19.7 Å². The summed E-state index contributed by atoms with van der Waals surface area (Å²) in [5.74, 6) is -0.320. The molecule has 0 aliphatic carbocycles. The third-order valence-corrected chi connectivity index (χ3v) is 4.40. The van der Waals surface area contributed by atoms with Crippen LogP contribution in [0.5, 0.6) is 0 Å². The highest BCUT2D eigenvalue weighted by atomic mass is 16.5. The number of hydrogen-bond donors (Lipinski definition) is 0. The van der Waals surface area contributed by atoms with Crippen molar-refractivity contribution in [3.8, 4) is 0 Å². The van der Waals surface area contributed by atoms with Gasteiger partial charge in [0.2, 0.25) is 0 Å². The topological polar surface area (TPSA) is 108 Å². The molecule has 0 aromatic carbocycles. The van der Waals surface area contributed by atoms with E-state index >= 15 is 0 Å². The van der Waals surface area contributed by atoms with Crippen molar-refractivity contribution < 1.29 is 14.3 Å². The highest BCUT2D eigenvalue weighted by Gasteiger charge is 2.20. The minimum Gasteiger partial charge on any atom is -0.454 e. The number of esters is 1. The van der Waals surface area contributed by atoms with Crippen LogP contribution in [0.2, 0.25) is 0 Å². The van der Waals surface area contributed by atoms with Crippen molar-refractivity contribution in [3.05, 3.63) is 27.2 Å². The molecule has 0 saturated carbocycles. The van der Waals surface area contributed by atoms with E-state index in [4.69, 9.17) is 4.74 Å². The first kappa shape index (κ1) is 22.4. The molecular weight excluding hydrogens is 378 g/mol. The molecule has 2 rings (SSSR count). The Hall–Kier alpha value is -2.91. The lowest BCUT2D eigenvalue weighted by atomic mass is 10.1. The maximum absolute atomic E-state index is 12.5. The summed E-state index contributed by atoms with van der Waals surface area (Å²) in [6, 6.07) is 0. The standard InChI is InChI=1S/C19H29N5O5/c1-12(2)7-23(8-13(3)4)14(25)10-29-15(26)9-24-11-20-17-16(24)18(27)22(6)19(28)21(17)5/h11-13H,7-10H2,1-6H3. The normalized spacial score (nSPS) is 11.4. The van der Waals surface area contributed by atoms with Gasteiger partial charge in [-0.15, -0.1) is 0 Å². The van der Waals surface area contributed by atoms with Gasteiger partial charge in [-0.2, -0.15) is 0 Å². The van der Waals surface area contributed by atoms with Crippen LogP contribution in [-0.2, 0) is 35.0 Å². The summed E-state index contributed by atoms with van der Waals surface area (Å²) in [5, 5.41) is 0. The molecule has 0 aliphatic heterocycles. The van der Waals surface area contributed by atoms with E-state index in [-0.39, 0.29) is 30.2 Å². The maximum atomic E-state index is 12.5. The fourth-order valence-corrected chi connectivity index (χ4v) is 3.09. The van der Waals surface area contributed by atoms with Gasteiger partial charge in [-0.1, -0.05) is 27.7 Å². The zero-order chi connectivity index (χ0) is 21.9.